The van der Waals surface area contributed by atoms with Crippen molar-refractivity contribution in [1.82, 2.24) is 9.97 Å². The Morgan fingerprint density at radius 1 is 1.33 bits per heavy atom. The van der Waals surface area contributed by atoms with Crippen molar-refractivity contribution in [2.45, 2.75) is 5.03 Å². The minimum Gasteiger partial charge on any atom is -0.316 e. The highest BCUT2D eigenvalue weighted by Gasteiger charge is 2.11. The summed E-state index contributed by atoms with van der Waals surface area (Å²) in [5, 5.41) is 16.8. The van der Waals surface area contributed by atoms with Gasteiger partial charge in [-0.3, -0.25) is 4.79 Å². The van der Waals surface area contributed by atoms with Gasteiger partial charge in [0, 0.05) is 0 Å². The molecule has 0 spiro atoms. The highest BCUT2D eigenvalue weighted by atomic mass is 32.2. The molecule has 0 aliphatic rings. The van der Waals surface area contributed by atoms with E-state index in [1.54, 1.807) is 22.8 Å². The molecule has 0 bridgehead atoms. The van der Waals surface area contributed by atoms with Crippen LogP contribution in [0, 0.1) is 11.3 Å². The lowest BCUT2D eigenvalue weighted by atomic mass is 10.3. The molecule has 1 N–H and O–H groups in total. The van der Waals surface area contributed by atoms with Crippen molar-refractivity contribution in [1.29, 1.82) is 5.26 Å². The lowest BCUT2D eigenvalue weighted by molar-refractivity contribution is -0.113. The van der Waals surface area contributed by atoms with E-state index in [1.807, 2.05) is 17.5 Å². The summed E-state index contributed by atoms with van der Waals surface area (Å²) in [5.74, 6) is 0.0922. The van der Waals surface area contributed by atoms with Crippen LogP contribution in [0.4, 0.5) is 5.00 Å². The third-order valence-corrected chi connectivity index (χ3v) is 5.45. The first-order valence-corrected chi connectivity index (χ1v) is 8.61. The summed E-state index contributed by atoms with van der Waals surface area (Å²) in [7, 11) is 0. The van der Waals surface area contributed by atoms with E-state index in [-0.39, 0.29) is 11.7 Å². The molecular formula is C13H8N4OS3. The number of thiophene rings is 2. The summed E-state index contributed by atoms with van der Waals surface area (Å²) in [6.45, 7) is 0. The van der Waals surface area contributed by atoms with E-state index in [2.05, 4.69) is 15.3 Å². The Morgan fingerprint density at radius 3 is 3.05 bits per heavy atom. The zero-order chi connectivity index (χ0) is 14.7. The van der Waals surface area contributed by atoms with E-state index in [1.165, 1.54) is 29.4 Å². The van der Waals surface area contributed by atoms with Crippen molar-refractivity contribution < 1.29 is 4.79 Å². The highest BCUT2D eigenvalue weighted by Crippen LogP contribution is 2.29. The molecule has 0 unspecified atom stereocenters. The van der Waals surface area contributed by atoms with E-state index in [9.17, 15) is 4.79 Å². The van der Waals surface area contributed by atoms with Crippen molar-refractivity contribution in [2.75, 3.05) is 11.1 Å². The van der Waals surface area contributed by atoms with Crippen LogP contribution in [0.25, 0.3) is 10.2 Å². The van der Waals surface area contributed by atoms with Gasteiger partial charge in [-0.15, -0.1) is 22.7 Å². The van der Waals surface area contributed by atoms with Crippen LogP contribution in [-0.4, -0.2) is 21.6 Å². The van der Waals surface area contributed by atoms with Gasteiger partial charge in [-0.05, 0) is 22.9 Å². The minimum absolute atomic E-state index is 0.151. The molecule has 0 aromatic carbocycles. The molecule has 21 heavy (non-hydrogen) atoms. The predicted molar refractivity (Wildman–Crippen MR) is 85.8 cm³/mol. The molecule has 0 saturated heterocycles. The number of aromatic nitrogens is 2. The standard InChI is InChI=1S/C13H8N4OS3/c14-5-8-1-3-20-12(8)17-10(18)6-21-13-11-9(2-4-19-11)15-7-16-13/h1-4,7H,6H2,(H,17,18). The molecule has 104 valence electrons. The summed E-state index contributed by atoms with van der Waals surface area (Å²) in [6, 6.07) is 5.66. The second kappa shape index (κ2) is 6.22. The number of fused-ring (bicyclic) bond motifs is 1. The average molecular weight is 332 g/mol. The maximum Gasteiger partial charge on any atom is 0.235 e. The summed E-state index contributed by atoms with van der Waals surface area (Å²) in [6.07, 6.45) is 1.50. The molecular weight excluding hydrogens is 324 g/mol. The fraction of sp³-hybridized carbons (Fsp3) is 0.0769. The van der Waals surface area contributed by atoms with E-state index < -0.39 is 0 Å². The van der Waals surface area contributed by atoms with Crippen molar-refractivity contribution in [3.05, 3.63) is 34.8 Å². The number of nitrogens with one attached hydrogen (secondary N) is 1. The van der Waals surface area contributed by atoms with Gasteiger partial charge in [-0.1, -0.05) is 11.8 Å². The van der Waals surface area contributed by atoms with Gasteiger partial charge in [0.2, 0.25) is 5.91 Å². The smallest absolute Gasteiger partial charge is 0.235 e. The number of thioether (sulfide) groups is 1. The first kappa shape index (κ1) is 14.0. The van der Waals surface area contributed by atoms with E-state index in [4.69, 9.17) is 5.26 Å². The monoisotopic (exact) mass is 332 g/mol. The molecule has 1 amide bonds. The Kier molecular flexibility index (Phi) is 4.15. The highest BCUT2D eigenvalue weighted by molar-refractivity contribution is 8.00. The van der Waals surface area contributed by atoms with Crippen molar-refractivity contribution in [3.8, 4) is 6.07 Å². The molecule has 0 fully saturated rings. The number of hydrogen-bond donors (Lipinski definition) is 1. The Balaban J connectivity index is 1.66. The Labute approximate surface area is 132 Å². The van der Waals surface area contributed by atoms with Crippen molar-refractivity contribution in [2.24, 2.45) is 0 Å². The molecule has 0 atom stereocenters. The van der Waals surface area contributed by atoms with Gasteiger partial charge in [0.1, 0.15) is 22.4 Å². The molecule has 0 radical (unpaired) electrons. The maximum absolute atomic E-state index is 12.0. The van der Waals surface area contributed by atoms with Gasteiger partial charge >= 0.3 is 0 Å². The predicted octanol–water partition coefficient (Wildman–Crippen LogP) is 3.36. The normalized spacial score (nSPS) is 10.4. The van der Waals surface area contributed by atoms with Gasteiger partial charge in [0.25, 0.3) is 0 Å². The third-order valence-electron chi connectivity index (χ3n) is 2.59. The van der Waals surface area contributed by atoms with Crippen LogP contribution >= 0.6 is 34.4 Å². The number of carbonyl (C=O) groups is 1. The fourth-order valence-corrected chi connectivity index (χ4v) is 4.16. The molecule has 3 rings (SSSR count). The molecule has 3 heterocycles. The van der Waals surface area contributed by atoms with Gasteiger partial charge in [-0.2, -0.15) is 5.26 Å². The summed E-state index contributed by atoms with van der Waals surface area (Å²) >= 11 is 4.27. The van der Waals surface area contributed by atoms with Crippen molar-refractivity contribution >= 4 is 55.6 Å². The number of anilines is 1. The fourth-order valence-electron chi connectivity index (χ4n) is 1.66. The van der Waals surface area contributed by atoms with E-state index in [0.717, 1.165) is 15.2 Å². The average Bonchev–Trinajstić information content (AvgIpc) is 3.13. The van der Waals surface area contributed by atoms with Crippen molar-refractivity contribution in [3.63, 3.8) is 0 Å². The van der Waals surface area contributed by atoms with E-state index >= 15 is 0 Å². The van der Waals surface area contributed by atoms with Gasteiger partial charge in [0.15, 0.2) is 0 Å². The SMILES string of the molecule is N#Cc1ccsc1NC(=O)CSc1ncnc2ccsc12. The Bertz CT molecular complexity index is 833. The largest absolute Gasteiger partial charge is 0.316 e. The Hall–Kier alpha value is -1.95. The number of amides is 1. The maximum atomic E-state index is 12.0. The van der Waals surface area contributed by atoms with Gasteiger partial charge in [-0.25, -0.2) is 9.97 Å². The van der Waals surface area contributed by atoms with Crippen LogP contribution in [0.15, 0.2) is 34.2 Å². The van der Waals surface area contributed by atoms with Crippen LogP contribution in [-0.2, 0) is 4.79 Å². The second-order valence-corrected chi connectivity index (χ2v) is 6.72. The van der Waals surface area contributed by atoms with Gasteiger partial charge < -0.3 is 5.32 Å². The molecule has 0 aliphatic carbocycles. The first-order valence-electron chi connectivity index (χ1n) is 5.86. The van der Waals surface area contributed by atoms with E-state index in [0.29, 0.717) is 10.6 Å². The quantitative estimate of drug-likeness (QED) is 0.585. The lowest BCUT2D eigenvalue weighted by Crippen LogP contribution is -2.13. The number of nitrogens with zero attached hydrogens (tertiary/aromatic N) is 3. The molecule has 3 aromatic rings. The number of carbonyl (C=O) groups excluding carboxylic acids is 1. The molecule has 0 aliphatic heterocycles. The lowest BCUT2D eigenvalue weighted by Gasteiger charge is -2.03. The van der Waals surface area contributed by atoms with Crippen LogP contribution in [0.3, 0.4) is 0 Å². The number of nitriles is 1. The van der Waals surface area contributed by atoms with Crippen LogP contribution < -0.4 is 5.32 Å². The van der Waals surface area contributed by atoms with Gasteiger partial charge in [0.05, 0.1) is 21.5 Å². The topological polar surface area (TPSA) is 78.7 Å². The third kappa shape index (κ3) is 3.05. The van der Waals surface area contributed by atoms with Crippen LogP contribution in [0.1, 0.15) is 5.56 Å². The molecule has 8 heteroatoms. The summed E-state index contributed by atoms with van der Waals surface area (Å²) < 4.78 is 0.990. The zero-order valence-electron chi connectivity index (χ0n) is 10.6. The summed E-state index contributed by atoms with van der Waals surface area (Å²) in [5.41, 5.74) is 1.38. The number of hydrogen-bond acceptors (Lipinski definition) is 7. The molecule has 3 aromatic heterocycles. The van der Waals surface area contributed by atoms with Crippen LogP contribution in [0.2, 0.25) is 0 Å². The van der Waals surface area contributed by atoms with Crippen LogP contribution in [0.5, 0.6) is 0 Å². The summed E-state index contributed by atoms with van der Waals surface area (Å²) in [4.78, 5) is 20.3. The molecule has 5 nitrogen and oxygen atoms in total. The number of rotatable bonds is 4. The minimum atomic E-state index is -0.151. The zero-order valence-corrected chi connectivity index (χ0v) is 13.0. The first-order chi connectivity index (χ1) is 10.3. The second-order valence-electron chi connectivity index (χ2n) is 3.93. The Morgan fingerprint density at radius 2 is 2.19 bits per heavy atom. The molecule has 0 saturated carbocycles.